The molecule has 2 aromatic carbocycles. The second-order valence-electron chi connectivity index (χ2n) is 6.48. The van der Waals surface area contributed by atoms with Crippen molar-refractivity contribution in [2.75, 3.05) is 7.05 Å². The average Bonchev–Trinajstić information content (AvgIpc) is 2.95. The van der Waals surface area contributed by atoms with Gasteiger partial charge in [0, 0.05) is 35.4 Å². The Morgan fingerprint density at radius 3 is 2.59 bits per heavy atom. The quantitative estimate of drug-likeness (QED) is 0.545. The monoisotopic (exact) mass is 423 g/mol. The van der Waals surface area contributed by atoms with Crippen molar-refractivity contribution in [3.05, 3.63) is 87.7 Å². The Hall–Kier alpha value is -2.66. The molecule has 0 saturated heterocycles. The Morgan fingerprint density at radius 1 is 1.15 bits per heavy atom. The van der Waals surface area contributed by atoms with Crippen LogP contribution in [0.2, 0.25) is 0 Å². The summed E-state index contributed by atoms with van der Waals surface area (Å²) < 4.78 is 2.92. The molecule has 0 N–H and O–H groups in total. The van der Waals surface area contributed by atoms with Crippen LogP contribution in [0.5, 0.6) is 0 Å². The highest BCUT2D eigenvalue weighted by Gasteiger charge is 2.16. The van der Waals surface area contributed by atoms with Crippen molar-refractivity contribution in [2.45, 2.75) is 20.4 Å². The fraction of sp³-hybridized carbons (Fsp3) is 0.182. The average molecular weight is 424 g/mol. The Bertz CT molecular complexity index is 976. The maximum Gasteiger partial charge on any atom is 0.246 e. The van der Waals surface area contributed by atoms with E-state index in [0.29, 0.717) is 6.54 Å². The predicted molar refractivity (Wildman–Crippen MR) is 113 cm³/mol. The highest BCUT2D eigenvalue weighted by Crippen LogP contribution is 2.19. The molecule has 0 spiro atoms. The van der Waals surface area contributed by atoms with E-state index in [1.54, 1.807) is 11.0 Å². The van der Waals surface area contributed by atoms with E-state index in [-0.39, 0.29) is 5.91 Å². The standard InChI is InChI=1S/C22H22BrN3O/c1-16-21(17(2)26(24-16)20-10-5-4-6-11-20)15-25(3)22(27)13-12-18-8-7-9-19(23)14-18/h4-14H,15H2,1-3H3. The van der Waals surface area contributed by atoms with Gasteiger partial charge in [-0.2, -0.15) is 5.10 Å². The Morgan fingerprint density at radius 2 is 1.89 bits per heavy atom. The molecule has 0 fully saturated rings. The number of rotatable bonds is 5. The van der Waals surface area contributed by atoms with E-state index in [2.05, 4.69) is 21.0 Å². The molecule has 0 aliphatic carbocycles. The summed E-state index contributed by atoms with van der Waals surface area (Å²) in [6.07, 6.45) is 3.44. The number of para-hydroxylation sites is 1. The van der Waals surface area contributed by atoms with Crippen LogP contribution in [0.3, 0.4) is 0 Å². The van der Waals surface area contributed by atoms with Gasteiger partial charge >= 0.3 is 0 Å². The van der Waals surface area contributed by atoms with Crippen molar-refractivity contribution in [1.29, 1.82) is 0 Å². The lowest BCUT2D eigenvalue weighted by molar-refractivity contribution is -0.125. The van der Waals surface area contributed by atoms with Crippen LogP contribution in [0.1, 0.15) is 22.5 Å². The van der Waals surface area contributed by atoms with Crippen LogP contribution in [0.4, 0.5) is 0 Å². The molecule has 0 bridgehead atoms. The summed E-state index contributed by atoms with van der Waals surface area (Å²) in [6.45, 7) is 4.54. The Balaban J connectivity index is 1.75. The van der Waals surface area contributed by atoms with Gasteiger partial charge in [0.2, 0.25) is 5.91 Å². The predicted octanol–water partition coefficient (Wildman–Crippen LogP) is 4.92. The summed E-state index contributed by atoms with van der Waals surface area (Å²) in [4.78, 5) is 14.2. The molecule has 1 amide bonds. The van der Waals surface area contributed by atoms with Gasteiger partial charge in [-0.15, -0.1) is 0 Å². The van der Waals surface area contributed by atoms with E-state index in [4.69, 9.17) is 0 Å². The number of aryl methyl sites for hydroxylation is 1. The van der Waals surface area contributed by atoms with E-state index in [9.17, 15) is 4.79 Å². The minimum Gasteiger partial charge on any atom is -0.338 e. The van der Waals surface area contributed by atoms with Gasteiger partial charge in [0.05, 0.1) is 11.4 Å². The van der Waals surface area contributed by atoms with Crippen LogP contribution in [0.25, 0.3) is 11.8 Å². The molecule has 27 heavy (non-hydrogen) atoms. The maximum atomic E-state index is 12.5. The van der Waals surface area contributed by atoms with Crippen molar-refractivity contribution in [3.8, 4) is 5.69 Å². The summed E-state index contributed by atoms with van der Waals surface area (Å²) in [5.74, 6) is -0.0405. The number of carbonyl (C=O) groups is 1. The van der Waals surface area contributed by atoms with Gasteiger partial charge in [-0.3, -0.25) is 4.79 Å². The van der Waals surface area contributed by atoms with Crippen molar-refractivity contribution < 1.29 is 4.79 Å². The number of halogens is 1. The highest BCUT2D eigenvalue weighted by molar-refractivity contribution is 9.10. The Labute approximate surface area is 168 Å². The molecule has 0 aliphatic rings. The lowest BCUT2D eigenvalue weighted by Gasteiger charge is -2.15. The molecule has 0 atom stereocenters. The molecular formula is C22H22BrN3O. The molecule has 0 radical (unpaired) electrons. The summed E-state index contributed by atoms with van der Waals surface area (Å²) in [7, 11) is 1.81. The third kappa shape index (κ3) is 4.55. The third-order valence-corrected chi connectivity index (χ3v) is 4.97. The summed E-state index contributed by atoms with van der Waals surface area (Å²) >= 11 is 3.44. The molecule has 4 nitrogen and oxygen atoms in total. The molecular weight excluding hydrogens is 402 g/mol. The van der Waals surface area contributed by atoms with Crippen LogP contribution in [0, 0.1) is 13.8 Å². The number of benzene rings is 2. The van der Waals surface area contributed by atoms with Crippen molar-refractivity contribution in [3.63, 3.8) is 0 Å². The van der Waals surface area contributed by atoms with E-state index in [1.807, 2.05) is 86.3 Å². The first kappa shape index (κ1) is 19.1. The highest BCUT2D eigenvalue weighted by atomic mass is 79.9. The fourth-order valence-electron chi connectivity index (χ4n) is 2.94. The summed E-state index contributed by atoms with van der Waals surface area (Å²) in [5.41, 5.74) is 5.06. The van der Waals surface area contributed by atoms with Gasteiger partial charge in [-0.05, 0) is 49.8 Å². The van der Waals surface area contributed by atoms with Gasteiger partial charge in [-0.25, -0.2) is 4.68 Å². The largest absolute Gasteiger partial charge is 0.338 e. The van der Waals surface area contributed by atoms with Crippen molar-refractivity contribution in [1.82, 2.24) is 14.7 Å². The fourth-order valence-corrected chi connectivity index (χ4v) is 3.36. The molecule has 1 heterocycles. The molecule has 138 valence electrons. The molecule has 3 aromatic rings. The number of amides is 1. The number of aromatic nitrogens is 2. The zero-order valence-electron chi connectivity index (χ0n) is 15.7. The van der Waals surface area contributed by atoms with E-state index < -0.39 is 0 Å². The smallest absolute Gasteiger partial charge is 0.246 e. The normalized spacial score (nSPS) is 11.1. The number of likely N-dealkylation sites (N-methyl/N-ethyl adjacent to an activating group) is 1. The van der Waals surface area contributed by atoms with Gasteiger partial charge in [0.15, 0.2) is 0 Å². The lowest BCUT2D eigenvalue weighted by Crippen LogP contribution is -2.24. The van der Waals surface area contributed by atoms with Gasteiger partial charge in [-0.1, -0.05) is 46.3 Å². The SMILES string of the molecule is Cc1nn(-c2ccccc2)c(C)c1CN(C)C(=O)C=Cc1cccc(Br)c1. The van der Waals surface area contributed by atoms with Crippen LogP contribution in [0.15, 0.2) is 65.1 Å². The van der Waals surface area contributed by atoms with Gasteiger partial charge < -0.3 is 4.90 Å². The minimum atomic E-state index is -0.0405. The minimum absolute atomic E-state index is 0.0405. The number of nitrogens with zero attached hydrogens (tertiary/aromatic N) is 3. The zero-order chi connectivity index (χ0) is 19.4. The van der Waals surface area contributed by atoms with Crippen molar-refractivity contribution >= 4 is 27.9 Å². The van der Waals surface area contributed by atoms with E-state index in [1.165, 1.54) is 0 Å². The molecule has 0 aliphatic heterocycles. The molecule has 0 unspecified atom stereocenters. The first-order valence-electron chi connectivity index (χ1n) is 8.75. The summed E-state index contributed by atoms with van der Waals surface area (Å²) in [6, 6.07) is 17.9. The first-order valence-corrected chi connectivity index (χ1v) is 9.54. The van der Waals surface area contributed by atoms with E-state index in [0.717, 1.165) is 32.7 Å². The van der Waals surface area contributed by atoms with E-state index >= 15 is 0 Å². The molecule has 3 rings (SSSR count). The first-order chi connectivity index (χ1) is 13.0. The zero-order valence-corrected chi connectivity index (χ0v) is 17.3. The topological polar surface area (TPSA) is 38.1 Å². The van der Waals surface area contributed by atoms with Crippen LogP contribution in [-0.4, -0.2) is 27.6 Å². The molecule has 5 heteroatoms. The number of carbonyl (C=O) groups excluding carboxylic acids is 1. The third-order valence-electron chi connectivity index (χ3n) is 4.48. The van der Waals surface area contributed by atoms with Crippen LogP contribution >= 0.6 is 15.9 Å². The lowest BCUT2D eigenvalue weighted by atomic mass is 10.1. The Kier molecular flexibility index (Phi) is 5.91. The maximum absolute atomic E-state index is 12.5. The number of hydrogen-bond donors (Lipinski definition) is 0. The van der Waals surface area contributed by atoms with Crippen LogP contribution < -0.4 is 0 Å². The van der Waals surface area contributed by atoms with Gasteiger partial charge in [0.25, 0.3) is 0 Å². The van der Waals surface area contributed by atoms with Gasteiger partial charge in [0.1, 0.15) is 0 Å². The molecule has 1 aromatic heterocycles. The number of hydrogen-bond acceptors (Lipinski definition) is 2. The molecule has 0 saturated carbocycles. The second-order valence-corrected chi connectivity index (χ2v) is 7.40. The van der Waals surface area contributed by atoms with Crippen molar-refractivity contribution in [2.24, 2.45) is 0 Å². The van der Waals surface area contributed by atoms with Crippen LogP contribution in [-0.2, 0) is 11.3 Å². The second kappa shape index (κ2) is 8.35. The summed E-state index contributed by atoms with van der Waals surface area (Å²) in [5, 5.41) is 4.65.